The van der Waals surface area contributed by atoms with Crippen LogP contribution in [0.4, 0.5) is 26.3 Å². The second-order valence-corrected chi connectivity index (χ2v) is 12.0. The summed E-state index contributed by atoms with van der Waals surface area (Å²) >= 11 is 0. The minimum absolute atomic E-state index is 0.0522. The highest BCUT2D eigenvalue weighted by Gasteiger charge is 2.35. The van der Waals surface area contributed by atoms with Gasteiger partial charge >= 0.3 is 12.4 Å². The Bertz CT molecular complexity index is 2110. The van der Waals surface area contributed by atoms with Gasteiger partial charge in [0.05, 0.1) is 44.3 Å². The monoisotopic (exact) mass is 691 g/mol. The number of hydrogen-bond acceptors (Lipinski definition) is 5. The van der Waals surface area contributed by atoms with Crippen LogP contribution in [0.1, 0.15) is 58.5 Å². The Morgan fingerprint density at radius 1 is 0.600 bits per heavy atom. The molecule has 2 unspecified atom stereocenters. The summed E-state index contributed by atoms with van der Waals surface area (Å²) in [7, 11) is 0. The standard InChI is InChI=1S/C37H31F6N5O2/c1-3-27(45-34(49)23-13-5-9-19-17-21-11-7-15-25(36(38,39)40)32(21)47-30(19)23)29(44)28(4-2)46-35(50)24-14-6-10-20-18-22-12-8-16-26(37(41,42)43)33(22)48-31(20)24/h5-18,27-29H,3-4,44H2,1-2H3,(H,45,49)(H,46,50). The van der Waals surface area contributed by atoms with E-state index in [1.165, 1.54) is 36.4 Å². The Morgan fingerprint density at radius 2 is 0.940 bits per heavy atom. The average molecular weight is 692 g/mol. The number of fused-ring (bicyclic) bond motifs is 4. The number of benzene rings is 4. The first-order chi connectivity index (χ1) is 23.7. The lowest BCUT2D eigenvalue weighted by Crippen LogP contribution is -2.58. The molecule has 2 amide bonds. The first kappa shape index (κ1) is 34.6. The largest absolute Gasteiger partial charge is 0.418 e. The summed E-state index contributed by atoms with van der Waals surface area (Å²) in [6.07, 6.45) is -8.64. The van der Waals surface area contributed by atoms with Gasteiger partial charge in [-0.2, -0.15) is 26.3 Å². The fourth-order valence-corrected chi connectivity index (χ4v) is 6.31. The van der Waals surface area contributed by atoms with Crippen LogP contribution in [0.3, 0.4) is 0 Å². The molecule has 2 atom stereocenters. The van der Waals surface area contributed by atoms with Crippen molar-refractivity contribution in [1.82, 2.24) is 20.6 Å². The van der Waals surface area contributed by atoms with Crippen LogP contribution in [0.25, 0.3) is 43.6 Å². The SMILES string of the molecule is CCC(NC(=O)c1cccc2cc3cccc(C(F)(F)F)c3nc12)C(N)C(CC)NC(=O)c1cccc2cc3cccc(C(F)(F)F)c3nc12. The summed E-state index contributed by atoms with van der Waals surface area (Å²) in [5.41, 5.74) is 4.51. The van der Waals surface area contributed by atoms with Gasteiger partial charge in [-0.3, -0.25) is 9.59 Å². The molecular formula is C37H31F6N5O2. The van der Waals surface area contributed by atoms with Crippen molar-refractivity contribution in [2.75, 3.05) is 0 Å². The molecule has 6 rings (SSSR count). The van der Waals surface area contributed by atoms with Gasteiger partial charge in [-0.1, -0.05) is 62.4 Å². The van der Waals surface area contributed by atoms with E-state index in [4.69, 9.17) is 5.73 Å². The zero-order chi connectivity index (χ0) is 36.0. The van der Waals surface area contributed by atoms with E-state index >= 15 is 0 Å². The number of nitrogens with zero attached hydrogens (tertiary/aromatic N) is 2. The summed E-state index contributed by atoms with van der Waals surface area (Å²) in [6.45, 7) is 3.56. The first-order valence-electron chi connectivity index (χ1n) is 15.9. The molecule has 4 aromatic carbocycles. The summed E-state index contributed by atoms with van der Waals surface area (Å²) in [5, 5.41) is 7.23. The second kappa shape index (κ2) is 13.2. The van der Waals surface area contributed by atoms with E-state index in [2.05, 4.69) is 20.6 Å². The molecule has 2 aromatic heterocycles. The van der Waals surface area contributed by atoms with Crippen molar-refractivity contribution in [3.8, 4) is 0 Å². The van der Waals surface area contributed by atoms with Gasteiger partial charge in [-0.15, -0.1) is 0 Å². The third kappa shape index (κ3) is 6.52. The van der Waals surface area contributed by atoms with Gasteiger partial charge in [-0.05, 0) is 49.2 Å². The summed E-state index contributed by atoms with van der Waals surface area (Å²) in [5.74, 6) is -1.22. The van der Waals surface area contributed by atoms with Crippen LogP contribution in [0.5, 0.6) is 0 Å². The molecule has 7 nitrogen and oxygen atoms in total. The number of para-hydroxylation sites is 4. The van der Waals surface area contributed by atoms with E-state index in [1.807, 2.05) is 0 Å². The molecule has 13 heteroatoms. The Balaban J connectivity index is 1.27. The zero-order valence-corrected chi connectivity index (χ0v) is 26.8. The van der Waals surface area contributed by atoms with Crippen LogP contribution in [0, 0.1) is 0 Å². The maximum absolute atomic E-state index is 13.8. The lowest BCUT2D eigenvalue weighted by atomic mass is 9.95. The maximum Gasteiger partial charge on any atom is 0.418 e. The van der Waals surface area contributed by atoms with E-state index in [0.717, 1.165) is 12.1 Å². The molecule has 6 aromatic rings. The molecule has 0 aliphatic heterocycles. The highest BCUT2D eigenvalue weighted by molar-refractivity contribution is 6.09. The molecule has 0 radical (unpaired) electrons. The number of alkyl halides is 6. The summed E-state index contributed by atoms with van der Waals surface area (Å²) < 4.78 is 82.7. The van der Waals surface area contributed by atoms with Crippen molar-refractivity contribution in [2.24, 2.45) is 5.73 Å². The Labute approximate surface area is 281 Å². The molecule has 0 aliphatic rings. The smallest absolute Gasteiger partial charge is 0.348 e. The fourth-order valence-electron chi connectivity index (χ4n) is 6.31. The fraction of sp³-hybridized carbons (Fsp3) is 0.243. The molecule has 50 heavy (non-hydrogen) atoms. The Hall–Kier alpha value is -5.30. The highest BCUT2D eigenvalue weighted by Crippen LogP contribution is 2.36. The second-order valence-electron chi connectivity index (χ2n) is 12.0. The van der Waals surface area contributed by atoms with Crippen LogP contribution in [0.2, 0.25) is 0 Å². The Morgan fingerprint density at radius 3 is 1.28 bits per heavy atom. The van der Waals surface area contributed by atoms with Gasteiger partial charge in [0.25, 0.3) is 11.8 Å². The number of hydrogen-bond donors (Lipinski definition) is 3. The van der Waals surface area contributed by atoms with Gasteiger partial charge in [0.15, 0.2) is 0 Å². The molecule has 0 spiro atoms. The van der Waals surface area contributed by atoms with Crippen molar-refractivity contribution in [2.45, 2.75) is 57.2 Å². The van der Waals surface area contributed by atoms with E-state index in [0.29, 0.717) is 23.6 Å². The number of carbonyl (C=O) groups excluding carboxylic acids is 2. The number of nitrogens with two attached hydrogens (primary N) is 1. The van der Waals surface area contributed by atoms with Crippen molar-refractivity contribution >= 4 is 55.4 Å². The average Bonchev–Trinajstić information content (AvgIpc) is 3.08. The lowest BCUT2D eigenvalue weighted by Gasteiger charge is -2.31. The molecule has 0 saturated heterocycles. The van der Waals surface area contributed by atoms with Gasteiger partial charge in [0, 0.05) is 39.7 Å². The van der Waals surface area contributed by atoms with Crippen LogP contribution < -0.4 is 16.4 Å². The van der Waals surface area contributed by atoms with E-state index in [1.54, 1.807) is 50.2 Å². The van der Waals surface area contributed by atoms with Crippen LogP contribution in [0.15, 0.2) is 84.9 Å². The minimum Gasteiger partial charge on any atom is -0.348 e. The molecule has 2 heterocycles. The topological polar surface area (TPSA) is 110 Å². The number of carbonyl (C=O) groups is 2. The molecule has 0 bridgehead atoms. The number of aromatic nitrogens is 2. The molecule has 258 valence electrons. The predicted octanol–water partition coefficient (Wildman–Crippen LogP) is 8.17. The molecule has 0 fully saturated rings. The van der Waals surface area contributed by atoms with E-state index in [-0.39, 0.29) is 44.0 Å². The normalized spacial score (nSPS) is 14.2. The number of nitrogens with one attached hydrogen (secondary N) is 2. The van der Waals surface area contributed by atoms with Crippen LogP contribution in [-0.4, -0.2) is 39.9 Å². The highest BCUT2D eigenvalue weighted by atomic mass is 19.4. The Kier molecular flexibility index (Phi) is 9.12. The summed E-state index contributed by atoms with van der Waals surface area (Å²) in [6, 6.07) is 17.8. The zero-order valence-electron chi connectivity index (χ0n) is 26.8. The molecule has 0 saturated carbocycles. The number of rotatable bonds is 8. The van der Waals surface area contributed by atoms with Crippen molar-refractivity contribution in [1.29, 1.82) is 0 Å². The molecule has 0 aliphatic carbocycles. The van der Waals surface area contributed by atoms with Gasteiger partial charge in [-0.25, -0.2) is 9.97 Å². The number of halogens is 6. The van der Waals surface area contributed by atoms with Crippen molar-refractivity contribution in [3.05, 3.63) is 107 Å². The summed E-state index contributed by atoms with van der Waals surface area (Å²) in [4.78, 5) is 35.9. The van der Waals surface area contributed by atoms with Gasteiger partial charge in [0.2, 0.25) is 0 Å². The molecular weight excluding hydrogens is 660 g/mol. The first-order valence-corrected chi connectivity index (χ1v) is 15.9. The van der Waals surface area contributed by atoms with Gasteiger partial charge in [0.1, 0.15) is 0 Å². The van der Waals surface area contributed by atoms with Crippen molar-refractivity contribution in [3.63, 3.8) is 0 Å². The van der Waals surface area contributed by atoms with Crippen molar-refractivity contribution < 1.29 is 35.9 Å². The minimum atomic E-state index is -4.65. The maximum atomic E-state index is 13.8. The third-order valence-electron chi connectivity index (χ3n) is 8.88. The quantitative estimate of drug-likeness (QED) is 0.110. The lowest BCUT2D eigenvalue weighted by molar-refractivity contribution is -0.137. The van der Waals surface area contributed by atoms with E-state index < -0.39 is 53.4 Å². The third-order valence-corrected chi connectivity index (χ3v) is 8.88. The molecule has 4 N–H and O–H groups in total. The number of amides is 2. The van der Waals surface area contributed by atoms with Crippen LogP contribution >= 0.6 is 0 Å². The van der Waals surface area contributed by atoms with Gasteiger partial charge < -0.3 is 16.4 Å². The van der Waals surface area contributed by atoms with E-state index in [9.17, 15) is 35.9 Å². The predicted molar refractivity (Wildman–Crippen MR) is 180 cm³/mol. The number of pyridine rings is 2. The van der Waals surface area contributed by atoms with Crippen LogP contribution in [-0.2, 0) is 12.4 Å².